The van der Waals surface area contributed by atoms with E-state index in [4.69, 9.17) is 0 Å². The van der Waals surface area contributed by atoms with E-state index in [9.17, 15) is 19.1 Å². The molecule has 5 heteroatoms. The molecule has 0 radical (unpaired) electrons. The van der Waals surface area contributed by atoms with Crippen molar-refractivity contribution in [3.05, 3.63) is 82.8 Å². The van der Waals surface area contributed by atoms with Gasteiger partial charge >= 0.3 is 5.97 Å². The van der Waals surface area contributed by atoms with Crippen LogP contribution in [0, 0.1) is 5.82 Å². The molecule has 5 rings (SSSR count). The summed E-state index contributed by atoms with van der Waals surface area (Å²) in [4.78, 5) is 25.5. The summed E-state index contributed by atoms with van der Waals surface area (Å²) in [6.45, 7) is 4.54. The molecule has 0 aliphatic carbocycles. The van der Waals surface area contributed by atoms with E-state index in [0.717, 1.165) is 27.4 Å². The number of carbonyl (C=O) groups excluding carboxylic acids is 1. The summed E-state index contributed by atoms with van der Waals surface area (Å²) in [7, 11) is 0. The molecule has 4 nitrogen and oxygen atoms in total. The Morgan fingerprint density at radius 3 is 2.56 bits per heavy atom. The van der Waals surface area contributed by atoms with Gasteiger partial charge in [-0.15, -0.1) is 0 Å². The third kappa shape index (κ3) is 3.20. The van der Waals surface area contributed by atoms with Crippen LogP contribution in [0.25, 0.3) is 21.7 Å². The van der Waals surface area contributed by atoms with Crippen LogP contribution < -0.4 is 0 Å². The largest absolute Gasteiger partial charge is 0.481 e. The molecular weight excluding hydrogens is 405 g/mol. The van der Waals surface area contributed by atoms with E-state index < -0.39 is 5.97 Å². The lowest BCUT2D eigenvalue weighted by molar-refractivity contribution is -0.137. The number of aromatic nitrogens is 1. The van der Waals surface area contributed by atoms with Crippen molar-refractivity contribution in [2.24, 2.45) is 0 Å². The predicted octanol–water partition coefficient (Wildman–Crippen LogP) is 6.25. The van der Waals surface area contributed by atoms with Crippen LogP contribution in [0.1, 0.15) is 65.7 Å². The predicted molar refractivity (Wildman–Crippen MR) is 123 cm³/mol. The third-order valence-corrected chi connectivity index (χ3v) is 6.57. The maximum atomic E-state index is 14.5. The van der Waals surface area contributed by atoms with Crippen molar-refractivity contribution >= 4 is 33.4 Å². The fraction of sp³-hybridized carbons (Fsp3) is 0.259. The first-order valence-electron chi connectivity index (χ1n) is 11.0. The van der Waals surface area contributed by atoms with Crippen molar-refractivity contribution in [2.45, 2.75) is 45.1 Å². The number of benzene rings is 3. The quantitative estimate of drug-likeness (QED) is 0.382. The van der Waals surface area contributed by atoms with Crippen molar-refractivity contribution in [3.63, 3.8) is 0 Å². The Morgan fingerprint density at radius 2 is 1.84 bits per heavy atom. The first kappa shape index (κ1) is 20.4. The number of aryl methyl sites for hydroxylation is 1. The summed E-state index contributed by atoms with van der Waals surface area (Å²) >= 11 is 0. The summed E-state index contributed by atoms with van der Waals surface area (Å²) < 4.78 is 16.5. The second-order valence-electron chi connectivity index (χ2n) is 8.93. The SMILES string of the molecule is CC(C)c1cc(F)cc2c1c(C(=O)c1ccc3ccccc3c1)c1n2CC[C@@H]1CC(=O)O. The average molecular weight is 429 g/mol. The van der Waals surface area contributed by atoms with Gasteiger partial charge in [0, 0.05) is 29.1 Å². The zero-order valence-electron chi connectivity index (χ0n) is 18.1. The van der Waals surface area contributed by atoms with Crippen molar-refractivity contribution in [1.82, 2.24) is 4.57 Å². The van der Waals surface area contributed by atoms with E-state index in [0.29, 0.717) is 29.6 Å². The summed E-state index contributed by atoms with van der Waals surface area (Å²) in [6, 6.07) is 16.5. The van der Waals surface area contributed by atoms with Crippen LogP contribution in [-0.2, 0) is 11.3 Å². The Kier molecular flexibility index (Phi) is 4.85. The highest BCUT2D eigenvalue weighted by Crippen LogP contribution is 2.43. The van der Waals surface area contributed by atoms with Gasteiger partial charge in [-0.25, -0.2) is 4.39 Å². The van der Waals surface area contributed by atoms with Crippen LogP contribution >= 0.6 is 0 Å². The number of ketones is 1. The first-order chi connectivity index (χ1) is 15.3. The molecule has 162 valence electrons. The molecule has 0 saturated carbocycles. The molecule has 0 fully saturated rings. The molecule has 0 amide bonds. The molecule has 0 saturated heterocycles. The lowest BCUT2D eigenvalue weighted by atomic mass is 9.88. The Morgan fingerprint density at radius 1 is 1.09 bits per heavy atom. The second kappa shape index (κ2) is 7.59. The van der Waals surface area contributed by atoms with Gasteiger partial charge in [-0.05, 0) is 46.9 Å². The number of carboxylic acids is 1. The lowest BCUT2D eigenvalue weighted by Crippen LogP contribution is -2.10. The number of carbonyl (C=O) groups is 2. The second-order valence-corrected chi connectivity index (χ2v) is 8.93. The minimum Gasteiger partial charge on any atom is -0.481 e. The summed E-state index contributed by atoms with van der Waals surface area (Å²) in [6.07, 6.45) is 0.580. The van der Waals surface area contributed by atoms with E-state index in [1.54, 1.807) is 0 Å². The Hall–Kier alpha value is -3.47. The molecule has 32 heavy (non-hydrogen) atoms. The van der Waals surface area contributed by atoms with Gasteiger partial charge in [-0.1, -0.05) is 50.2 Å². The summed E-state index contributed by atoms with van der Waals surface area (Å²) in [5, 5.41) is 12.2. The highest BCUT2D eigenvalue weighted by atomic mass is 19.1. The highest BCUT2D eigenvalue weighted by Gasteiger charge is 2.35. The van der Waals surface area contributed by atoms with E-state index in [1.165, 1.54) is 12.1 Å². The number of aliphatic carboxylic acids is 1. The summed E-state index contributed by atoms with van der Waals surface area (Å²) in [5.41, 5.74) is 3.27. The monoisotopic (exact) mass is 429 g/mol. The lowest BCUT2D eigenvalue weighted by Gasteiger charge is -2.13. The van der Waals surface area contributed by atoms with Crippen molar-refractivity contribution in [1.29, 1.82) is 0 Å². The van der Waals surface area contributed by atoms with Gasteiger partial charge in [-0.3, -0.25) is 9.59 Å². The number of halogens is 1. The van der Waals surface area contributed by atoms with Crippen molar-refractivity contribution in [2.75, 3.05) is 0 Å². The molecule has 1 atom stereocenters. The number of carboxylic acid groups (broad SMARTS) is 1. The number of rotatable bonds is 5. The van der Waals surface area contributed by atoms with Crippen LogP contribution in [0.5, 0.6) is 0 Å². The maximum absolute atomic E-state index is 14.5. The molecule has 1 aliphatic rings. The standard InChI is InChI=1S/C27H24FNO3/c1-15(2)21-13-20(28)14-22-24(21)25(26-18(12-23(30)31)9-10-29(22)26)27(32)19-8-7-16-5-3-4-6-17(16)11-19/h3-8,11,13-15,18H,9-10,12H2,1-2H3,(H,30,31)/t18-/m1/s1. The fourth-order valence-corrected chi connectivity index (χ4v) is 5.15. The molecular formula is C27H24FNO3. The molecule has 4 aromatic rings. The third-order valence-electron chi connectivity index (χ3n) is 6.57. The van der Waals surface area contributed by atoms with Gasteiger partial charge in [0.2, 0.25) is 0 Å². The number of nitrogens with zero attached hydrogens (tertiary/aromatic N) is 1. The van der Waals surface area contributed by atoms with Crippen molar-refractivity contribution in [3.8, 4) is 0 Å². The van der Waals surface area contributed by atoms with Gasteiger partial charge < -0.3 is 9.67 Å². The van der Waals surface area contributed by atoms with Gasteiger partial charge in [0.15, 0.2) is 5.78 Å². The zero-order valence-corrected chi connectivity index (χ0v) is 18.1. The van der Waals surface area contributed by atoms with Crippen LogP contribution in [0.4, 0.5) is 4.39 Å². The number of hydrogen-bond acceptors (Lipinski definition) is 2. The summed E-state index contributed by atoms with van der Waals surface area (Å²) in [5.74, 6) is -1.64. The van der Waals surface area contributed by atoms with Gasteiger partial charge in [-0.2, -0.15) is 0 Å². The van der Waals surface area contributed by atoms with Crippen LogP contribution in [0.3, 0.4) is 0 Å². The molecule has 0 spiro atoms. The fourth-order valence-electron chi connectivity index (χ4n) is 5.15. The van der Waals surface area contributed by atoms with Gasteiger partial charge in [0.25, 0.3) is 0 Å². The zero-order chi connectivity index (χ0) is 22.6. The number of hydrogen-bond donors (Lipinski definition) is 1. The Labute approximate surface area is 185 Å². The van der Waals surface area contributed by atoms with E-state index in [1.807, 2.05) is 60.9 Å². The smallest absolute Gasteiger partial charge is 0.304 e. The minimum atomic E-state index is -0.895. The van der Waals surface area contributed by atoms with E-state index >= 15 is 0 Å². The molecule has 1 aliphatic heterocycles. The molecule has 1 N–H and O–H groups in total. The molecule has 1 aromatic heterocycles. The average Bonchev–Trinajstić information content (AvgIpc) is 3.30. The topological polar surface area (TPSA) is 59.3 Å². The Bertz CT molecular complexity index is 1400. The molecule has 0 unspecified atom stereocenters. The van der Waals surface area contributed by atoms with Gasteiger partial charge in [0.05, 0.1) is 17.5 Å². The minimum absolute atomic E-state index is 0.0115. The van der Waals surface area contributed by atoms with Crippen LogP contribution in [0.2, 0.25) is 0 Å². The maximum Gasteiger partial charge on any atom is 0.304 e. The van der Waals surface area contributed by atoms with Crippen LogP contribution in [0.15, 0.2) is 54.6 Å². The molecule has 2 heterocycles. The van der Waals surface area contributed by atoms with E-state index in [-0.39, 0.29) is 29.9 Å². The van der Waals surface area contributed by atoms with E-state index in [2.05, 4.69) is 0 Å². The molecule has 3 aromatic carbocycles. The first-order valence-corrected chi connectivity index (χ1v) is 11.0. The highest BCUT2D eigenvalue weighted by molar-refractivity contribution is 6.19. The van der Waals surface area contributed by atoms with Crippen LogP contribution in [-0.4, -0.2) is 21.4 Å². The van der Waals surface area contributed by atoms with Gasteiger partial charge in [0.1, 0.15) is 5.82 Å². The molecule has 0 bridgehead atoms. The van der Waals surface area contributed by atoms with Crippen molar-refractivity contribution < 1.29 is 19.1 Å². The Balaban J connectivity index is 1.80. The number of fused-ring (bicyclic) bond motifs is 4. The normalized spacial score (nSPS) is 15.6.